The first-order valence-corrected chi connectivity index (χ1v) is 5.26. The second kappa shape index (κ2) is 3.20. The van der Waals surface area contributed by atoms with Crippen LogP contribution >= 0.6 is 11.6 Å². The molecule has 0 saturated heterocycles. The highest BCUT2D eigenvalue weighted by Gasteiger charge is 2.20. The zero-order valence-corrected chi connectivity index (χ0v) is 10.1. The minimum absolute atomic E-state index is 0.0869. The molecule has 2 aromatic heterocycles. The Morgan fingerprint density at radius 3 is 2.60 bits per heavy atom. The van der Waals surface area contributed by atoms with Crippen LogP contribution in [0.3, 0.4) is 0 Å². The summed E-state index contributed by atoms with van der Waals surface area (Å²) in [5, 5.41) is 0.434. The highest BCUT2D eigenvalue weighted by atomic mass is 35.5. The van der Waals surface area contributed by atoms with Gasteiger partial charge >= 0.3 is 0 Å². The molecule has 0 fully saturated rings. The van der Waals surface area contributed by atoms with Gasteiger partial charge in [0.1, 0.15) is 10.7 Å². The molecule has 80 valence electrons. The Kier molecular flexibility index (Phi) is 2.23. The number of hydrogen-bond donors (Lipinski definition) is 0. The van der Waals surface area contributed by atoms with E-state index in [9.17, 15) is 0 Å². The molecule has 4 heteroatoms. The molecule has 0 unspecified atom stereocenters. The van der Waals surface area contributed by atoms with Crippen molar-refractivity contribution in [1.29, 1.82) is 0 Å². The van der Waals surface area contributed by atoms with Crippen molar-refractivity contribution in [2.45, 2.75) is 26.2 Å². The van der Waals surface area contributed by atoms with Crippen molar-refractivity contribution in [3.63, 3.8) is 0 Å². The zero-order chi connectivity index (χ0) is 11.2. The molecule has 0 N–H and O–H groups in total. The molecule has 0 amide bonds. The van der Waals surface area contributed by atoms with Gasteiger partial charge in [0.15, 0.2) is 5.65 Å². The first-order chi connectivity index (χ1) is 6.89. The summed E-state index contributed by atoms with van der Waals surface area (Å²) < 4.78 is 2.05. The van der Waals surface area contributed by atoms with E-state index in [4.69, 9.17) is 11.6 Å². The maximum Gasteiger partial charge on any atom is 0.160 e. The standard InChI is InChI=1S/C11H14ClN3/c1-11(2,3)8-5-7-10(15(8)4)14-9(12)6-13-7/h5-6H,1-4H3. The third-order valence-electron chi connectivity index (χ3n) is 2.47. The fraction of sp³-hybridized carbons (Fsp3) is 0.455. The normalized spacial score (nSPS) is 12.3. The average molecular weight is 224 g/mol. The molecular formula is C11H14ClN3. The number of rotatable bonds is 0. The van der Waals surface area contributed by atoms with Crippen LogP contribution in [-0.2, 0) is 12.5 Å². The molecule has 0 atom stereocenters. The fourth-order valence-corrected chi connectivity index (χ4v) is 1.91. The number of fused-ring (bicyclic) bond motifs is 1. The van der Waals surface area contributed by atoms with E-state index in [2.05, 4.69) is 36.8 Å². The van der Waals surface area contributed by atoms with E-state index >= 15 is 0 Å². The van der Waals surface area contributed by atoms with Gasteiger partial charge in [0, 0.05) is 18.2 Å². The second-order valence-corrected chi connectivity index (χ2v) is 5.13. The lowest BCUT2D eigenvalue weighted by molar-refractivity contribution is 0.546. The van der Waals surface area contributed by atoms with Gasteiger partial charge < -0.3 is 4.57 Å². The molecule has 2 heterocycles. The van der Waals surface area contributed by atoms with Gasteiger partial charge in [-0.15, -0.1) is 0 Å². The predicted octanol–water partition coefficient (Wildman–Crippen LogP) is 2.92. The molecule has 0 aliphatic carbocycles. The molecule has 3 nitrogen and oxygen atoms in total. The van der Waals surface area contributed by atoms with Gasteiger partial charge in [-0.1, -0.05) is 32.4 Å². The first kappa shape index (κ1) is 10.4. The summed E-state index contributed by atoms with van der Waals surface area (Å²) in [5.74, 6) is 0. The van der Waals surface area contributed by atoms with E-state index in [1.165, 1.54) is 5.69 Å². The van der Waals surface area contributed by atoms with Crippen molar-refractivity contribution in [3.8, 4) is 0 Å². The van der Waals surface area contributed by atoms with E-state index in [0.717, 1.165) is 11.2 Å². The van der Waals surface area contributed by atoms with Crippen molar-refractivity contribution < 1.29 is 0 Å². The number of nitrogens with zero attached hydrogens (tertiary/aromatic N) is 3. The van der Waals surface area contributed by atoms with Crippen molar-refractivity contribution in [1.82, 2.24) is 14.5 Å². The lowest BCUT2D eigenvalue weighted by Gasteiger charge is -2.19. The predicted molar refractivity (Wildman–Crippen MR) is 62.2 cm³/mol. The van der Waals surface area contributed by atoms with Crippen LogP contribution in [0, 0.1) is 0 Å². The number of hydrogen-bond acceptors (Lipinski definition) is 2. The summed E-state index contributed by atoms with van der Waals surface area (Å²) >= 11 is 5.83. The molecule has 0 spiro atoms. The van der Waals surface area contributed by atoms with Crippen LogP contribution in [0.15, 0.2) is 12.3 Å². The maximum atomic E-state index is 5.83. The van der Waals surface area contributed by atoms with Gasteiger partial charge in [0.05, 0.1) is 6.20 Å². The molecule has 15 heavy (non-hydrogen) atoms. The fourth-order valence-electron chi connectivity index (χ4n) is 1.78. The molecule has 0 bridgehead atoms. The number of halogens is 1. The molecular weight excluding hydrogens is 210 g/mol. The molecule has 0 aromatic carbocycles. The van der Waals surface area contributed by atoms with E-state index in [0.29, 0.717) is 5.15 Å². The Hall–Kier alpha value is -1.09. The van der Waals surface area contributed by atoms with E-state index < -0.39 is 0 Å². The van der Waals surface area contributed by atoms with Gasteiger partial charge in [-0.2, -0.15) is 0 Å². The summed E-state index contributed by atoms with van der Waals surface area (Å²) in [6.07, 6.45) is 1.58. The maximum absolute atomic E-state index is 5.83. The summed E-state index contributed by atoms with van der Waals surface area (Å²) in [6.45, 7) is 6.51. The largest absolute Gasteiger partial charge is 0.331 e. The van der Waals surface area contributed by atoms with Gasteiger partial charge in [-0.05, 0) is 6.07 Å². The summed E-state index contributed by atoms with van der Waals surface area (Å²) in [5.41, 5.74) is 3.03. The van der Waals surface area contributed by atoms with Crippen molar-refractivity contribution >= 4 is 22.8 Å². The third-order valence-corrected chi connectivity index (χ3v) is 2.65. The SMILES string of the molecule is Cn1c(C(C)(C)C)cc2ncc(Cl)nc21. The van der Waals surface area contributed by atoms with E-state index in [1.807, 2.05) is 11.6 Å². The van der Waals surface area contributed by atoms with Crippen molar-refractivity contribution in [2.75, 3.05) is 0 Å². The molecule has 2 aromatic rings. The topological polar surface area (TPSA) is 30.7 Å². The lowest BCUT2D eigenvalue weighted by Crippen LogP contribution is -2.15. The van der Waals surface area contributed by atoms with Gasteiger partial charge in [-0.25, -0.2) is 9.97 Å². The molecule has 0 aliphatic heterocycles. The molecule has 2 rings (SSSR count). The van der Waals surface area contributed by atoms with Crippen LogP contribution in [0.1, 0.15) is 26.5 Å². The minimum atomic E-state index is 0.0869. The third kappa shape index (κ3) is 1.72. The minimum Gasteiger partial charge on any atom is -0.331 e. The Balaban J connectivity index is 2.76. The zero-order valence-electron chi connectivity index (χ0n) is 9.37. The Morgan fingerprint density at radius 1 is 1.33 bits per heavy atom. The second-order valence-electron chi connectivity index (χ2n) is 4.74. The Bertz CT molecular complexity index is 508. The van der Waals surface area contributed by atoms with Crippen LogP contribution in [0.25, 0.3) is 11.2 Å². The highest BCUT2D eigenvalue weighted by Crippen LogP contribution is 2.27. The summed E-state index contributed by atoms with van der Waals surface area (Å²) in [7, 11) is 1.99. The van der Waals surface area contributed by atoms with Crippen LogP contribution in [0.2, 0.25) is 5.15 Å². The lowest BCUT2D eigenvalue weighted by atomic mass is 9.92. The van der Waals surface area contributed by atoms with Gasteiger partial charge in [0.2, 0.25) is 0 Å². The van der Waals surface area contributed by atoms with Crippen LogP contribution in [-0.4, -0.2) is 14.5 Å². The summed E-state index contributed by atoms with van der Waals surface area (Å²) in [6, 6.07) is 2.07. The van der Waals surface area contributed by atoms with Crippen LogP contribution < -0.4 is 0 Å². The highest BCUT2D eigenvalue weighted by molar-refractivity contribution is 6.29. The van der Waals surface area contributed by atoms with Crippen molar-refractivity contribution in [3.05, 3.63) is 23.1 Å². The first-order valence-electron chi connectivity index (χ1n) is 4.88. The quantitative estimate of drug-likeness (QED) is 0.688. The van der Waals surface area contributed by atoms with Gasteiger partial charge in [0.25, 0.3) is 0 Å². The van der Waals surface area contributed by atoms with Gasteiger partial charge in [-0.3, -0.25) is 0 Å². The van der Waals surface area contributed by atoms with Crippen molar-refractivity contribution in [2.24, 2.45) is 7.05 Å². The van der Waals surface area contributed by atoms with E-state index in [1.54, 1.807) is 6.20 Å². The molecule has 0 aliphatic rings. The summed E-state index contributed by atoms with van der Waals surface area (Å²) in [4.78, 5) is 8.54. The monoisotopic (exact) mass is 223 g/mol. The molecule has 0 radical (unpaired) electrons. The molecule has 0 saturated carbocycles. The van der Waals surface area contributed by atoms with Crippen LogP contribution in [0.5, 0.6) is 0 Å². The average Bonchev–Trinajstić information content (AvgIpc) is 2.43. The Morgan fingerprint density at radius 2 is 2.00 bits per heavy atom. The smallest absolute Gasteiger partial charge is 0.160 e. The number of aromatic nitrogens is 3. The number of aryl methyl sites for hydroxylation is 1. The Labute approximate surface area is 94.1 Å². The van der Waals surface area contributed by atoms with Crippen LogP contribution in [0.4, 0.5) is 0 Å². The van der Waals surface area contributed by atoms with E-state index in [-0.39, 0.29) is 5.41 Å².